The lowest BCUT2D eigenvalue weighted by atomic mass is 9.98. The molecular weight excluding hydrogens is 290 g/mol. The van der Waals surface area contributed by atoms with E-state index < -0.39 is 0 Å². The van der Waals surface area contributed by atoms with Crippen LogP contribution in [0.25, 0.3) is 0 Å². The SMILES string of the molecule is CC(C)C(=O)CCC1=CCN(C(=O)OCc2ccccc2)CC1. The summed E-state index contributed by atoms with van der Waals surface area (Å²) in [7, 11) is 0. The van der Waals surface area contributed by atoms with Gasteiger partial charge >= 0.3 is 6.09 Å². The molecule has 0 saturated heterocycles. The zero-order chi connectivity index (χ0) is 16.7. The molecule has 0 aromatic heterocycles. The summed E-state index contributed by atoms with van der Waals surface area (Å²) in [6, 6.07) is 9.67. The van der Waals surface area contributed by atoms with Crippen molar-refractivity contribution in [3.05, 3.63) is 47.5 Å². The number of hydrogen-bond acceptors (Lipinski definition) is 3. The van der Waals surface area contributed by atoms with E-state index in [-0.39, 0.29) is 12.0 Å². The Hall–Kier alpha value is -2.10. The van der Waals surface area contributed by atoms with E-state index in [4.69, 9.17) is 4.74 Å². The minimum Gasteiger partial charge on any atom is -0.445 e. The molecule has 1 heterocycles. The average Bonchev–Trinajstić information content (AvgIpc) is 2.58. The van der Waals surface area contributed by atoms with E-state index in [2.05, 4.69) is 6.08 Å². The number of nitrogens with zero attached hydrogens (tertiary/aromatic N) is 1. The summed E-state index contributed by atoms with van der Waals surface area (Å²) >= 11 is 0. The number of amides is 1. The van der Waals surface area contributed by atoms with Crippen LogP contribution in [0.3, 0.4) is 0 Å². The molecule has 2 rings (SSSR count). The first-order chi connectivity index (χ1) is 11.1. The van der Waals surface area contributed by atoms with Gasteiger partial charge in [-0.05, 0) is 18.4 Å². The van der Waals surface area contributed by atoms with E-state index in [1.165, 1.54) is 5.57 Å². The number of ether oxygens (including phenoxy) is 1. The van der Waals surface area contributed by atoms with Crippen molar-refractivity contribution in [1.29, 1.82) is 0 Å². The lowest BCUT2D eigenvalue weighted by molar-refractivity contribution is -0.121. The highest BCUT2D eigenvalue weighted by Crippen LogP contribution is 2.18. The van der Waals surface area contributed by atoms with Gasteiger partial charge in [0.25, 0.3) is 0 Å². The van der Waals surface area contributed by atoms with Crippen molar-refractivity contribution >= 4 is 11.9 Å². The van der Waals surface area contributed by atoms with Gasteiger partial charge in [-0.3, -0.25) is 4.79 Å². The van der Waals surface area contributed by atoms with Gasteiger partial charge in [0, 0.05) is 25.4 Å². The molecule has 0 bridgehead atoms. The van der Waals surface area contributed by atoms with Crippen molar-refractivity contribution in [1.82, 2.24) is 4.90 Å². The monoisotopic (exact) mass is 315 g/mol. The Balaban J connectivity index is 1.74. The van der Waals surface area contributed by atoms with Gasteiger partial charge < -0.3 is 9.64 Å². The normalized spacial score (nSPS) is 14.6. The molecule has 0 unspecified atom stereocenters. The summed E-state index contributed by atoms with van der Waals surface area (Å²) in [4.78, 5) is 25.4. The Bertz CT molecular complexity index is 563. The van der Waals surface area contributed by atoms with Crippen molar-refractivity contribution in [3.63, 3.8) is 0 Å². The molecule has 4 heteroatoms. The molecule has 0 radical (unpaired) electrons. The Morgan fingerprint density at radius 2 is 1.96 bits per heavy atom. The van der Waals surface area contributed by atoms with Crippen molar-refractivity contribution in [2.45, 2.75) is 39.7 Å². The quantitative estimate of drug-likeness (QED) is 0.746. The topological polar surface area (TPSA) is 46.6 Å². The number of benzene rings is 1. The standard InChI is InChI=1S/C19H25NO3/c1-15(2)18(21)9-8-16-10-12-20(13-11-16)19(22)23-14-17-6-4-3-5-7-17/h3-7,10,15H,8-9,11-14H2,1-2H3. The Labute approximate surface area is 138 Å². The summed E-state index contributed by atoms with van der Waals surface area (Å²) in [6.07, 6.45) is 4.01. The molecule has 4 nitrogen and oxygen atoms in total. The molecule has 1 aliphatic heterocycles. The molecule has 124 valence electrons. The van der Waals surface area contributed by atoms with Crippen LogP contribution < -0.4 is 0 Å². The van der Waals surface area contributed by atoms with Crippen LogP contribution in [0.2, 0.25) is 0 Å². The maximum absolute atomic E-state index is 12.1. The van der Waals surface area contributed by atoms with Gasteiger partial charge in [-0.15, -0.1) is 0 Å². The highest BCUT2D eigenvalue weighted by atomic mass is 16.6. The van der Waals surface area contributed by atoms with Gasteiger partial charge in [-0.2, -0.15) is 0 Å². The number of Topliss-reactive ketones (excluding diaryl/α,β-unsaturated/α-hetero) is 1. The molecule has 1 aliphatic rings. The fourth-order valence-electron chi connectivity index (χ4n) is 2.49. The average molecular weight is 315 g/mol. The number of ketones is 1. The molecule has 1 aromatic carbocycles. The summed E-state index contributed by atoms with van der Waals surface area (Å²) in [6.45, 7) is 5.40. The van der Waals surface area contributed by atoms with E-state index in [1.54, 1.807) is 4.90 Å². The van der Waals surface area contributed by atoms with Gasteiger partial charge in [0.05, 0.1) is 0 Å². The van der Waals surface area contributed by atoms with E-state index in [9.17, 15) is 9.59 Å². The van der Waals surface area contributed by atoms with E-state index in [0.717, 1.165) is 18.4 Å². The van der Waals surface area contributed by atoms with Gasteiger partial charge in [-0.25, -0.2) is 4.79 Å². The second-order valence-corrected chi connectivity index (χ2v) is 6.22. The van der Waals surface area contributed by atoms with Crippen LogP contribution in [0.15, 0.2) is 42.0 Å². The predicted octanol–water partition coefficient (Wildman–Crippen LogP) is 3.96. The summed E-state index contributed by atoms with van der Waals surface area (Å²) in [5.74, 6) is 0.402. The third kappa shape index (κ3) is 5.55. The third-order valence-electron chi connectivity index (χ3n) is 4.10. The minimum absolute atomic E-state index is 0.101. The second kappa shape index (κ2) is 8.51. The number of rotatable bonds is 6. The van der Waals surface area contributed by atoms with Gasteiger partial charge in [0.15, 0.2) is 0 Å². The molecular formula is C19H25NO3. The van der Waals surface area contributed by atoms with Gasteiger partial charge in [0.2, 0.25) is 0 Å². The van der Waals surface area contributed by atoms with Crippen LogP contribution in [0, 0.1) is 5.92 Å². The first-order valence-corrected chi connectivity index (χ1v) is 8.22. The summed E-state index contributed by atoms with van der Waals surface area (Å²) in [5, 5.41) is 0. The molecule has 0 aliphatic carbocycles. The largest absolute Gasteiger partial charge is 0.445 e. The first kappa shape index (κ1) is 17.3. The zero-order valence-corrected chi connectivity index (χ0v) is 14.0. The number of carbonyl (C=O) groups is 2. The molecule has 0 spiro atoms. The van der Waals surface area contributed by atoms with E-state index in [1.807, 2.05) is 44.2 Å². The maximum atomic E-state index is 12.1. The Morgan fingerprint density at radius 3 is 2.57 bits per heavy atom. The molecule has 0 N–H and O–H groups in total. The van der Waals surface area contributed by atoms with Crippen LogP contribution in [0.4, 0.5) is 4.79 Å². The lowest BCUT2D eigenvalue weighted by Crippen LogP contribution is -2.35. The fourth-order valence-corrected chi connectivity index (χ4v) is 2.49. The Kier molecular flexibility index (Phi) is 6.39. The minimum atomic E-state index is -0.276. The van der Waals surface area contributed by atoms with Crippen molar-refractivity contribution in [2.75, 3.05) is 13.1 Å². The van der Waals surface area contributed by atoms with Crippen LogP contribution >= 0.6 is 0 Å². The van der Waals surface area contributed by atoms with Crippen molar-refractivity contribution in [3.8, 4) is 0 Å². The second-order valence-electron chi connectivity index (χ2n) is 6.22. The van der Waals surface area contributed by atoms with Crippen molar-refractivity contribution < 1.29 is 14.3 Å². The number of hydrogen-bond donors (Lipinski definition) is 0. The van der Waals surface area contributed by atoms with Gasteiger partial charge in [0.1, 0.15) is 12.4 Å². The molecule has 0 saturated carbocycles. The smallest absolute Gasteiger partial charge is 0.410 e. The fraction of sp³-hybridized carbons (Fsp3) is 0.474. The van der Waals surface area contributed by atoms with Crippen LogP contribution in [0.5, 0.6) is 0 Å². The summed E-state index contributed by atoms with van der Waals surface area (Å²) < 4.78 is 5.34. The van der Waals surface area contributed by atoms with Crippen LogP contribution in [0.1, 0.15) is 38.7 Å². The van der Waals surface area contributed by atoms with Gasteiger partial charge in [-0.1, -0.05) is 55.8 Å². The maximum Gasteiger partial charge on any atom is 0.410 e. The number of carbonyl (C=O) groups excluding carboxylic acids is 2. The highest BCUT2D eigenvalue weighted by molar-refractivity contribution is 5.80. The molecule has 1 aromatic rings. The van der Waals surface area contributed by atoms with Crippen LogP contribution in [-0.2, 0) is 16.1 Å². The van der Waals surface area contributed by atoms with Crippen LogP contribution in [-0.4, -0.2) is 29.9 Å². The first-order valence-electron chi connectivity index (χ1n) is 8.22. The van der Waals surface area contributed by atoms with E-state index in [0.29, 0.717) is 31.9 Å². The predicted molar refractivity (Wildman–Crippen MR) is 90.0 cm³/mol. The summed E-state index contributed by atoms with van der Waals surface area (Å²) in [5.41, 5.74) is 2.26. The van der Waals surface area contributed by atoms with Crippen molar-refractivity contribution in [2.24, 2.45) is 5.92 Å². The third-order valence-corrected chi connectivity index (χ3v) is 4.10. The lowest BCUT2D eigenvalue weighted by Gasteiger charge is -2.26. The highest BCUT2D eigenvalue weighted by Gasteiger charge is 2.19. The molecule has 0 atom stereocenters. The molecule has 23 heavy (non-hydrogen) atoms. The molecule has 0 fully saturated rings. The van der Waals surface area contributed by atoms with E-state index >= 15 is 0 Å². The Morgan fingerprint density at radius 1 is 1.22 bits per heavy atom. The zero-order valence-electron chi connectivity index (χ0n) is 14.0. The molecule has 1 amide bonds.